The molecule has 1 aromatic heterocycles. The fourth-order valence-corrected chi connectivity index (χ4v) is 2.78. The van der Waals surface area contributed by atoms with Crippen molar-refractivity contribution in [3.63, 3.8) is 0 Å². The molecule has 0 spiro atoms. The van der Waals surface area contributed by atoms with Crippen molar-refractivity contribution in [1.29, 1.82) is 0 Å². The molecule has 1 N–H and O–H groups in total. The Morgan fingerprint density at radius 1 is 1.20 bits per heavy atom. The number of amides is 1. The molecule has 5 heteroatoms. The van der Waals surface area contributed by atoms with Crippen LogP contribution >= 0.6 is 0 Å². The minimum Gasteiger partial charge on any atom is -0.493 e. The van der Waals surface area contributed by atoms with E-state index in [4.69, 9.17) is 9.15 Å². The van der Waals surface area contributed by atoms with Crippen LogP contribution in [0.4, 0.5) is 4.39 Å². The zero-order valence-electron chi connectivity index (χ0n) is 14.2. The third-order valence-corrected chi connectivity index (χ3v) is 4.06. The van der Waals surface area contributed by atoms with Crippen molar-refractivity contribution in [3.8, 4) is 5.75 Å². The Balaban J connectivity index is 1.54. The van der Waals surface area contributed by atoms with Crippen LogP contribution in [0.3, 0.4) is 0 Å². The van der Waals surface area contributed by atoms with Crippen molar-refractivity contribution in [2.75, 3.05) is 6.61 Å². The van der Waals surface area contributed by atoms with Crippen LogP contribution in [0.1, 0.15) is 30.7 Å². The summed E-state index contributed by atoms with van der Waals surface area (Å²) in [5, 5.41) is 3.97. The highest BCUT2D eigenvalue weighted by Gasteiger charge is 2.18. The van der Waals surface area contributed by atoms with Gasteiger partial charge in [-0.2, -0.15) is 0 Å². The summed E-state index contributed by atoms with van der Waals surface area (Å²) in [6.07, 6.45) is 0.209. The van der Waals surface area contributed by atoms with Crippen molar-refractivity contribution in [1.82, 2.24) is 5.32 Å². The summed E-state index contributed by atoms with van der Waals surface area (Å²) in [6, 6.07) is 13.3. The van der Waals surface area contributed by atoms with Crippen LogP contribution in [-0.2, 0) is 4.79 Å². The number of rotatable bonds is 6. The molecule has 0 aliphatic heterocycles. The van der Waals surface area contributed by atoms with Gasteiger partial charge in [0.25, 0.3) is 0 Å². The van der Waals surface area contributed by atoms with E-state index in [0.717, 1.165) is 22.3 Å². The smallest absolute Gasteiger partial charge is 0.224 e. The first-order valence-corrected chi connectivity index (χ1v) is 8.20. The van der Waals surface area contributed by atoms with Gasteiger partial charge in [0.05, 0.1) is 19.1 Å². The number of halogens is 1. The lowest BCUT2D eigenvalue weighted by atomic mass is 10.1. The molecule has 0 fully saturated rings. The number of carbonyl (C=O) groups is 1. The van der Waals surface area contributed by atoms with Crippen LogP contribution < -0.4 is 10.1 Å². The molecule has 3 aromatic rings. The molecule has 4 nitrogen and oxygen atoms in total. The monoisotopic (exact) mass is 341 g/mol. The Morgan fingerprint density at radius 2 is 1.92 bits per heavy atom. The minimum atomic E-state index is -0.319. The second kappa shape index (κ2) is 7.38. The maximum atomic E-state index is 12.8. The summed E-state index contributed by atoms with van der Waals surface area (Å²) in [7, 11) is 0. The summed E-state index contributed by atoms with van der Waals surface area (Å²) in [4.78, 5) is 12.1. The number of hydrogen-bond acceptors (Lipinski definition) is 3. The van der Waals surface area contributed by atoms with E-state index in [1.165, 1.54) is 24.3 Å². The Morgan fingerprint density at radius 3 is 2.64 bits per heavy atom. The van der Waals surface area contributed by atoms with Gasteiger partial charge in [0.1, 0.15) is 22.9 Å². The average molecular weight is 341 g/mol. The molecule has 0 radical (unpaired) electrons. The number of para-hydroxylation sites is 1. The van der Waals surface area contributed by atoms with Crippen molar-refractivity contribution in [2.24, 2.45) is 0 Å². The number of furan rings is 1. The molecule has 1 atom stereocenters. The topological polar surface area (TPSA) is 51.5 Å². The molecule has 1 heterocycles. The van der Waals surface area contributed by atoms with Gasteiger partial charge in [0.15, 0.2) is 0 Å². The molecule has 0 saturated carbocycles. The third-order valence-electron chi connectivity index (χ3n) is 4.06. The predicted octanol–water partition coefficient (Wildman–Crippen LogP) is 4.53. The van der Waals surface area contributed by atoms with E-state index in [-0.39, 0.29) is 30.8 Å². The van der Waals surface area contributed by atoms with Gasteiger partial charge in [-0.1, -0.05) is 18.2 Å². The molecule has 0 bridgehead atoms. The van der Waals surface area contributed by atoms with Crippen molar-refractivity contribution < 1.29 is 18.3 Å². The lowest BCUT2D eigenvalue weighted by Crippen LogP contribution is -2.28. The van der Waals surface area contributed by atoms with Crippen LogP contribution in [0.25, 0.3) is 11.0 Å². The van der Waals surface area contributed by atoms with Gasteiger partial charge < -0.3 is 14.5 Å². The third kappa shape index (κ3) is 3.99. The molecule has 130 valence electrons. The number of aryl methyl sites for hydroxylation is 1. The minimum absolute atomic E-state index is 0.130. The van der Waals surface area contributed by atoms with E-state index in [1.54, 1.807) is 0 Å². The zero-order valence-corrected chi connectivity index (χ0v) is 14.2. The van der Waals surface area contributed by atoms with E-state index >= 15 is 0 Å². The summed E-state index contributed by atoms with van der Waals surface area (Å²) >= 11 is 0. The molecule has 1 unspecified atom stereocenters. The molecular formula is C20H20FNO3. The number of hydrogen-bond donors (Lipinski definition) is 1. The summed E-state index contributed by atoms with van der Waals surface area (Å²) in [6.45, 7) is 4.11. The standard InChI is InChI=1S/C20H20FNO3/c1-13-17-5-3-4-6-18(17)25-20(13)14(2)22-19(23)11-12-24-16-9-7-15(21)8-10-16/h3-10,14H,11-12H2,1-2H3,(H,22,23). The van der Waals surface area contributed by atoms with Gasteiger partial charge >= 0.3 is 0 Å². The lowest BCUT2D eigenvalue weighted by molar-refractivity contribution is -0.122. The maximum Gasteiger partial charge on any atom is 0.224 e. The maximum absolute atomic E-state index is 12.8. The van der Waals surface area contributed by atoms with Gasteiger partial charge in [-0.25, -0.2) is 4.39 Å². The van der Waals surface area contributed by atoms with Crippen LogP contribution in [0, 0.1) is 12.7 Å². The first kappa shape index (κ1) is 17.0. The van der Waals surface area contributed by atoms with E-state index in [2.05, 4.69) is 5.32 Å². The highest BCUT2D eigenvalue weighted by molar-refractivity contribution is 5.82. The van der Waals surface area contributed by atoms with Crippen LogP contribution in [-0.4, -0.2) is 12.5 Å². The Bertz CT molecular complexity index is 870. The van der Waals surface area contributed by atoms with Crippen LogP contribution in [0.5, 0.6) is 5.75 Å². The molecule has 0 aliphatic rings. The molecule has 0 saturated heterocycles. The molecule has 3 rings (SSSR count). The normalized spacial score (nSPS) is 12.1. The summed E-state index contributed by atoms with van der Waals surface area (Å²) < 4.78 is 24.1. The van der Waals surface area contributed by atoms with Crippen LogP contribution in [0.2, 0.25) is 0 Å². The number of nitrogens with one attached hydrogen (secondary N) is 1. The number of carbonyl (C=O) groups excluding carboxylic acids is 1. The highest BCUT2D eigenvalue weighted by atomic mass is 19.1. The molecule has 25 heavy (non-hydrogen) atoms. The van der Waals surface area contributed by atoms with Crippen molar-refractivity contribution in [3.05, 3.63) is 65.7 Å². The van der Waals surface area contributed by atoms with E-state index in [0.29, 0.717) is 5.75 Å². The van der Waals surface area contributed by atoms with Gasteiger partial charge in [-0.05, 0) is 44.2 Å². The first-order valence-electron chi connectivity index (χ1n) is 8.20. The van der Waals surface area contributed by atoms with E-state index in [9.17, 15) is 9.18 Å². The van der Waals surface area contributed by atoms with Gasteiger partial charge in [0, 0.05) is 10.9 Å². The second-order valence-corrected chi connectivity index (χ2v) is 5.93. The fourth-order valence-electron chi connectivity index (χ4n) is 2.78. The molecule has 1 amide bonds. The molecule has 0 aliphatic carbocycles. The Labute approximate surface area is 145 Å². The fraction of sp³-hybridized carbons (Fsp3) is 0.250. The summed E-state index contributed by atoms with van der Waals surface area (Å²) in [5.41, 5.74) is 1.85. The van der Waals surface area contributed by atoms with Gasteiger partial charge in [0.2, 0.25) is 5.91 Å². The predicted molar refractivity (Wildman–Crippen MR) is 94.0 cm³/mol. The SMILES string of the molecule is Cc1c(C(C)NC(=O)CCOc2ccc(F)cc2)oc2ccccc12. The number of benzene rings is 2. The quantitative estimate of drug-likeness (QED) is 0.717. The lowest BCUT2D eigenvalue weighted by Gasteiger charge is -2.13. The first-order chi connectivity index (χ1) is 12.0. The second-order valence-electron chi connectivity index (χ2n) is 5.93. The highest BCUT2D eigenvalue weighted by Crippen LogP contribution is 2.29. The number of ether oxygens (including phenoxy) is 1. The van der Waals surface area contributed by atoms with Gasteiger partial charge in [-0.15, -0.1) is 0 Å². The van der Waals surface area contributed by atoms with E-state index < -0.39 is 0 Å². The van der Waals surface area contributed by atoms with Gasteiger partial charge in [-0.3, -0.25) is 4.79 Å². The summed E-state index contributed by atoms with van der Waals surface area (Å²) in [5.74, 6) is 0.846. The zero-order chi connectivity index (χ0) is 17.8. The average Bonchev–Trinajstić information content (AvgIpc) is 2.94. The molecular weight excluding hydrogens is 321 g/mol. The Hall–Kier alpha value is -2.82. The van der Waals surface area contributed by atoms with Crippen LogP contribution in [0.15, 0.2) is 52.9 Å². The van der Waals surface area contributed by atoms with Crippen molar-refractivity contribution >= 4 is 16.9 Å². The molecule has 2 aromatic carbocycles. The number of fused-ring (bicyclic) bond motifs is 1. The Kier molecular flexibility index (Phi) is 5.03. The van der Waals surface area contributed by atoms with Crippen molar-refractivity contribution in [2.45, 2.75) is 26.3 Å². The van der Waals surface area contributed by atoms with E-state index in [1.807, 2.05) is 38.1 Å². The largest absolute Gasteiger partial charge is 0.493 e.